The molecule has 1 spiro atoms. The molecule has 1 atom stereocenters. The van der Waals surface area contributed by atoms with Crippen LogP contribution in [0.5, 0.6) is 0 Å². The molecule has 112 valence electrons. The van der Waals surface area contributed by atoms with Crippen molar-refractivity contribution >= 4 is 11.8 Å². The van der Waals surface area contributed by atoms with Crippen molar-refractivity contribution in [2.24, 2.45) is 5.41 Å². The quantitative estimate of drug-likeness (QED) is 0.859. The van der Waals surface area contributed by atoms with Crippen molar-refractivity contribution in [2.45, 2.75) is 25.7 Å². The summed E-state index contributed by atoms with van der Waals surface area (Å²) in [6.07, 6.45) is 3.19. The van der Waals surface area contributed by atoms with E-state index >= 15 is 0 Å². The van der Waals surface area contributed by atoms with E-state index in [1.54, 1.807) is 17.0 Å². The minimum atomic E-state index is -0.401. The Bertz CT molecular complexity index is 575. The molecule has 2 aliphatic heterocycles. The van der Waals surface area contributed by atoms with Gasteiger partial charge in [0.1, 0.15) is 5.82 Å². The molecule has 3 rings (SSSR count). The fraction of sp³-hybridized carbons (Fsp3) is 0.500. The molecule has 1 N–H and O–H groups in total. The van der Waals surface area contributed by atoms with Crippen LogP contribution in [0.3, 0.4) is 0 Å². The summed E-state index contributed by atoms with van der Waals surface area (Å²) in [5, 5.41) is 2.90. The van der Waals surface area contributed by atoms with E-state index in [1.807, 2.05) is 0 Å². The second-order valence-electron chi connectivity index (χ2n) is 5.94. The minimum Gasteiger partial charge on any atom is -0.356 e. The average molecular weight is 290 g/mol. The fourth-order valence-electron chi connectivity index (χ4n) is 3.39. The molecule has 0 radical (unpaired) electrons. The molecule has 5 heteroatoms. The van der Waals surface area contributed by atoms with Gasteiger partial charge in [-0.05, 0) is 43.9 Å². The number of rotatable bonds is 1. The van der Waals surface area contributed by atoms with Crippen LogP contribution < -0.4 is 5.32 Å². The first-order chi connectivity index (χ1) is 10.1. The smallest absolute Gasteiger partial charge is 0.253 e. The molecule has 4 nitrogen and oxygen atoms in total. The number of hydrogen-bond acceptors (Lipinski definition) is 2. The maximum Gasteiger partial charge on any atom is 0.253 e. The van der Waals surface area contributed by atoms with E-state index in [4.69, 9.17) is 0 Å². The van der Waals surface area contributed by atoms with Crippen molar-refractivity contribution in [1.29, 1.82) is 0 Å². The van der Waals surface area contributed by atoms with E-state index in [1.165, 1.54) is 12.1 Å². The van der Waals surface area contributed by atoms with Crippen LogP contribution in [0.1, 0.15) is 36.0 Å². The first kappa shape index (κ1) is 14.0. The number of halogens is 1. The Balaban J connectivity index is 1.73. The Morgan fingerprint density at radius 3 is 2.81 bits per heavy atom. The van der Waals surface area contributed by atoms with Gasteiger partial charge in [0.15, 0.2) is 0 Å². The highest BCUT2D eigenvalue weighted by Crippen LogP contribution is 2.38. The lowest BCUT2D eigenvalue weighted by molar-refractivity contribution is -0.128. The summed E-state index contributed by atoms with van der Waals surface area (Å²) in [6, 6.07) is 5.78. The van der Waals surface area contributed by atoms with E-state index in [0.717, 1.165) is 25.8 Å². The first-order valence-electron chi connectivity index (χ1n) is 7.44. The van der Waals surface area contributed by atoms with Crippen LogP contribution in [0.15, 0.2) is 24.3 Å². The lowest BCUT2D eigenvalue weighted by Crippen LogP contribution is -2.35. The van der Waals surface area contributed by atoms with E-state index in [0.29, 0.717) is 25.1 Å². The average Bonchev–Trinajstić information content (AvgIpc) is 2.71. The maximum atomic E-state index is 13.2. The number of benzene rings is 1. The van der Waals surface area contributed by atoms with Crippen molar-refractivity contribution in [1.82, 2.24) is 10.2 Å². The van der Waals surface area contributed by atoms with Gasteiger partial charge in [-0.3, -0.25) is 9.59 Å². The minimum absolute atomic E-state index is 0.127. The van der Waals surface area contributed by atoms with Gasteiger partial charge in [-0.15, -0.1) is 0 Å². The number of carbonyl (C=O) groups is 2. The Hall–Kier alpha value is -1.91. The second kappa shape index (κ2) is 5.47. The highest BCUT2D eigenvalue weighted by Gasteiger charge is 2.43. The Morgan fingerprint density at radius 1 is 1.24 bits per heavy atom. The molecule has 2 aliphatic rings. The Morgan fingerprint density at radius 2 is 2.10 bits per heavy atom. The van der Waals surface area contributed by atoms with E-state index in [-0.39, 0.29) is 17.2 Å². The third-order valence-corrected chi connectivity index (χ3v) is 4.67. The van der Waals surface area contributed by atoms with E-state index in [9.17, 15) is 14.0 Å². The number of carbonyl (C=O) groups excluding carboxylic acids is 2. The summed E-state index contributed by atoms with van der Waals surface area (Å²) in [5.41, 5.74) is 0.0820. The van der Waals surface area contributed by atoms with Crippen LogP contribution in [-0.2, 0) is 4.79 Å². The predicted molar refractivity (Wildman–Crippen MR) is 76.2 cm³/mol. The fourth-order valence-corrected chi connectivity index (χ4v) is 3.39. The van der Waals surface area contributed by atoms with Crippen molar-refractivity contribution in [2.75, 3.05) is 19.6 Å². The van der Waals surface area contributed by atoms with Crippen LogP contribution >= 0.6 is 0 Å². The molecule has 1 aromatic carbocycles. The normalized spacial score (nSPS) is 25.8. The summed E-state index contributed by atoms with van der Waals surface area (Å²) >= 11 is 0. The SMILES string of the molecule is O=C(c1cccc(F)c1)N1CCC[C@]2(CCNC2=O)CC1. The molecule has 2 heterocycles. The predicted octanol–water partition coefficient (Wildman–Crippen LogP) is 1.96. The topological polar surface area (TPSA) is 49.4 Å². The molecule has 21 heavy (non-hydrogen) atoms. The summed E-state index contributed by atoms with van der Waals surface area (Å²) in [4.78, 5) is 26.2. The monoisotopic (exact) mass is 290 g/mol. The molecule has 0 saturated carbocycles. The van der Waals surface area contributed by atoms with Crippen LogP contribution in [0.4, 0.5) is 4.39 Å². The lowest BCUT2D eigenvalue weighted by atomic mass is 9.79. The van der Waals surface area contributed by atoms with Gasteiger partial charge in [0.2, 0.25) is 5.91 Å². The number of likely N-dealkylation sites (tertiary alicyclic amines) is 1. The van der Waals surface area contributed by atoms with Gasteiger partial charge in [0.25, 0.3) is 5.91 Å². The maximum absolute atomic E-state index is 13.2. The largest absolute Gasteiger partial charge is 0.356 e. The van der Waals surface area contributed by atoms with Crippen molar-refractivity contribution < 1.29 is 14.0 Å². The van der Waals surface area contributed by atoms with Gasteiger partial charge in [-0.25, -0.2) is 4.39 Å². The van der Waals surface area contributed by atoms with Crippen LogP contribution in [0.2, 0.25) is 0 Å². The summed E-state index contributed by atoms with van der Waals surface area (Å²) in [7, 11) is 0. The van der Waals surface area contributed by atoms with Gasteiger partial charge in [-0.1, -0.05) is 6.07 Å². The first-order valence-corrected chi connectivity index (χ1v) is 7.44. The molecular weight excluding hydrogens is 271 g/mol. The van der Waals surface area contributed by atoms with Gasteiger partial charge < -0.3 is 10.2 Å². The zero-order chi connectivity index (χ0) is 14.9. The van der Waals surface area contributed by atoms with Crippen molar-refractivity contribution in [3.05, 3.63) is 35.6 Å². The Kier molecular flexibility index (Phi) is 3.66. The molecule has 0 aromatic heterocycles. The van der Waals surface area contributed by atoms with Gasteiger partial charge in [0, 0.05) is 25.2 Å². The van der Waals surface area contributed by atoms with Crippen molar-refractivity contribution in [3.8, 4) is 0 Å². The molecule has 0 bridgehead atoms. The third kappa shape index (κ3) is 2.64. The highest BCUT2D eigenvalue weighted by atomic mass is 19.1. The van der Waals surface area contributed by atoms with Gasteiger partial charge in [-0.2, -0.15) is 0 Å². The third-order valence-electron chi connectivity index (χ3n) is 4.67. The molecule has 0 unspecified atom stereocenters. The van der Waals surface area contributed by atoms with Crippen molar-refractivity contribution in [3.63, 3.8) is 0 Å². The zero-order valence-electron chi connectivity index (χ0n) is 11.9. The Labute approximate surface area is 123 Å². The highest BCUT2D eigenvalue weighted by molar-refractivity contribution is 5.94. The van der Waals surface area contributed by atoms with E-state index in [2.05, 4.69) is 5.32 Å². The van der Waals surface area contributed by atoms with E-state index < -0.39 is 5.82 Å². The van der Waals surface area contributed by atoms with Crippen LogP contribution in [0.25, 0.3) is 0 Å². The van der Waals surface area contributed by atoms with Gasteiger partial charge in [0.05, 0.1) is 5.41 Å². The standard InChI is InChI=1S/C16H19FN2O2/c17-13-4-1-3-12(11-13)14(20)19-9-2-5-16(7-10-19)6-8-18-15(16)21/h1,3-4,11H,2,5-10H2,(H,18,21)/t16-/m0/s1. The molecule has 2 amide bonds. The zero-order valence-corrected chi connectivity index (χ0v) is 11.9. The van der Waals surface area contributed by atoms with Crippen LogP contribution in [-0.4, -0.2) is 36.3 Å². The number of nitrogens with zero attached hydrogens (tertiary/aromatic N) is 1. The number of nitrogens with one attached hydrogen (secondary N) is 1. The molecule has 2 saturated heterocycles. The molecular formula is C16H19FN2O2. The molecule has 1 aromatic rings. The summed E-state index contributed by atoms with van der Waals surface area (Å²) in [5.74, 6) is -0.421. The summed E-state index contributed by atoms with van der Waals surface area (Å²) in [6.45, 7) is 1.92. The number of amides is 2. The molecule has 0 aliphatic carbocycles. The lowest BCUT2D eigenvalue weighted by Gasteiger charge is -2.24. The second-order valence-corrected chi connectivity index (χ2v) is 5.94. The van der Waals surface area contributed by atoms with Crippen LogP contribution in [0, 0.1) is 11.2 Å². The molecule has 2 fully saturated rings. The van der Waals surface area contributed by atoms with Gasteiger partial charge >= 0.3 is 0 Å². The number of hydrogen-bond donors (Lipinski definition) is 1. The summed E-state index contributed by atoms with van der Waals surface area (Å²) < 4.78 is 13.2.